The molecule has 0 radical (unpaired) electrons. The molecular weight excluding hydrogens is 278 g/mol. The molecule has 0 spiro atoms. The Bertz CT molecular complexity index is 547. The van der Waals surface area contributed by atoms with Crippen molar-refractivity contribution in [2.75, 3.05) is 25.0 Å². The summed E-state index contributed by atoms with van der Waals surface area (Å²) in [4.78, 5) is 11.5. The van der Waals surface area contributed by atoms with Gasteiger partial charge in [0.15, 0.2) is 0 Å². The monoisotopic (exact) mass is 303 g/mol. The van der Waals surface area contributed by atoms with E-state index in [1.54, 1.807) is 0 Å². The number of aryl methyl sites for hydroxylation is 1. The molecule has 120 valence electrons. The molecule has 2 heterocycles. The summed E-state index contributed by atoms with van der Waals surface area (Å²) in [5, 5.41) is 18.1. The minimum absolute atomic E-state index is 0.100. The average Bonchev–Trinajstić information content (AvgIpc) is 2.53. The smallest absolute Gasteiger partial charge is 0.224 e. The van der Waals surface area contributed by atoms with Crippen LogP contribution in [0.1, 0.15) is 43.2 Å². The molecule has 2 aliphatic heterocycles. The second kappa shape index (κ2) is 6.77. The third-order valence-corrected chi connectivity index (χ3v) is 4.77. The number of rotatable bonds is 4. The Balaban J connectivity index is 1.86. The number of carbonyl (C=O) groups excluding carboxylic acids is 1. The molecule has 0 aliphatic carbocycles. The van der Waals surface area contributed by atoms with Crippen molar-refractivity contribution in [3.8, 4) is 0 Å². The fourth-order valence-electron chi connectivity index (χ4n) is 3.59. The second-order valence-electron chi connectivity index (χ2n) is 6.29. The van der Waals surface area contributed by atoms with Crippen molar-refractivity contribution in [2.45, 2.75) is 44.6 Å². The maximum absolute atomic E-state index is 11.5. The number of fused-ring (bicyclic) bond motifs is 1. The quantitative estimate of drug-likeness (QED) is 0.797. The predicted molar refractivity (Wildman–Crippen MR) is 86.2 cm³/mol. The van der Waals surface area contributed by atoms with Crippen LogP contribution in [0.5, 0.6) is 0 Å². The summed E-state index contributed by atoms with van der Waals surface area (Å²) in [6, 6.07) is 6.46. The van der Waals surface area contributed by atoms with E-state index in [0.29, 0.717) is 18.9 Å². The van der Waals surface area contributed by atoms with Crippen LogP contribution in [0.2, 0.25) is 0 Å². The molecule has 3 rings (SSSR count). The van der Waals surface area contributed by atoms with Gasteiger partial charge in [-0.05, 0) is 30.0 Å². The molecule has 2 atom stereocenters. The first kappa shape index (κ1) is 15.5. The van der Waals surface area contributed by atoms with Gasteiger partial charge in [0, 0.05) is 37.7 Å². The molecule has 2 aliphatic rings. The highest BCUT2D eigenvalue weighted by atomic mass is 16.5. The van der Waals surface area contributed by atoms with Gasteiger partial charge in [0.1, 0.15) is 0 Å². The van der Waals surface area contributed by atoms with Gasteiger partial charge >= 0.3 is 0 Å². The molecule has 1 aromatic rings. The zero-order valence-corrected chi connectivity index (χ0v) is 13.1. The number of hydrogen-bond donors (Lipinski definition) is 3. The van der Waals surface area contributed by atoms with Crippen LogP contribution in [0.4, 0.5) is 5.69 Å². The van der Waals surface area contributed by atoms with Gasteiger partial charge in [-0.3, -0.25) is 4.79 Å². The summed E-state index contributed by atoms with van der Waals surface area (Å²) in [7, 11) is 0. The predicted octanol–water partition coefficient (Wildman–Crippen LogP) is 2.12. The van der Waals surface area contributed by atoms with Crippen molar-refractivity contribution in [1.29, 1.82) is 0 Å². The first-order valence-corrected chi connectivity index (χ1v) is 8.28. The number of hydroxylamine groups is 2. The highest BCUT2D eigenvalue weighted by Crippen LogP contribution is 2.32. The van der Waals surface area contributed by atoms with Crippen LogP contribution in [-0.2, 0) is 11.2 Å². The van der Waals surface area contributed by atoms with Gasteiger partial charge < -0.3 is 15.8 Å². The summed E-state index contributed by atoms with van der Waals surface area (Å²) in [5.41, 5.74) is 3.42. The average molecular weight is 303 g/mol. The Morgan fingerprint density at radius 2 is 2.27 bits per heavy atom. The first-order chi connectivity index (χ1) is 10.7. The molecule has 5 nitrogen and oxygen atoms in total. The van der Waals surface area contributed by atoms with E-state index in [1.807, 2.05) is 6.07 Å². The molecule has 1 amide bonds. The van der Waals surface area contributed by atoms with E-state index in [2.05, 4.69) is 29.7 Å². The zero-order chi connectivity index (χ0) is 15.5. The highest BCUT2D eigenvalue weighted by molar-refractivity contribution is 5.93. The van der Waals surface area contributed by atoms with E-state index in [4.69, 9.17) is 0 Å². The summed E-state index contributed by atoms with van der Waals surface area (Å²) in [6.45, 7) is 4.51. The topological polar surface area (TPSA) is 64.6 Å². The number of benzene rings is 1. The Labute approximate surface area is 131 Å². The largest absolute Gasteiger partial charge is 0.326 e. The van der Waals surface area contributed by atoms with Crippen molar-refractivity contribution in [3.05, 3.63) is 29.3 Å². The van der Waals surface area contributed by atoms with Crippen molar-refractivity contribution < 1.29 is 10.0 Å². The Morgan fingerprint density at radius 1 is 1.41 bits per heavy atom. The fraction of sp³-hybridized carbons (Fsp3) is 0.588. The number of nitrogens with zero attached hydrogens (tertiary/aromatic N) is 1. The Kier molecular flexibility index (Phi) is 4.76. The summed E-state index contributed by atoms with van der Waals surface area (Å²) in [5.74, 6) is 0.411. The molecule has 0 aromatic heterocycles. The van der Waals surface area contributed by atoms with E-state index >= 15 is 0 Å². The number of carbonyl (C=O) groups is 1. The molecule has 3 N–H and O–H groups in total. The van der Waals surface area contributed by atoms with E-state index in [1.165, 1.54) is 16.2 Å². The highest BCUT2D eigenvalue weighted by Gasteiger charge is 2.30. The molecule has 0 bridgehead atoms. The van der Waals surface area contributed by atoms with Gasteiger partial charge in [-0.15, -0.1) is 0 Å². The molecule has 1 aromatic carbocycles. The maximum Gasteiger partial charge on any atom is 0.224 e. The van der Waals surface area contributed by atoms with Gasteiger partial charge in [0.05, 0.1) is 6.04 Å². The minimum atomic E-state index is 0.100. The fourth-order valence-corrected chi connectivity index (χ4v) is 3.59. The third-order valence-electron chi connectivity index (χ3n) is 4.77. The van der Waals surface area contributed by atoms with Crippen molar-refractivity contribution >= 4 is 11.6 Å². The van der Waals surface area contributed by atoms with Crippen LogP contribution in [0.3, 0.4) is 0 Å². The van der Waals surface area contributed by atoms with Gasteiger partial charge in [-0.25, -0.2) is 0 Å². The van der Waals surface area contributed by atoms with Crippen molar-refractivity contribution in [2.24, 2.45) is 0 Å². The summed E-state index contributed by atoms with van der Waals surface area (Å²) in [6.07, 6.45) is 3.50. The van der Waals surface area contributed by atoms with Crippen molar-refractivity contribution in [3.63, 3.8) is 0 Å². The molecule has 1 saturated heterocycles. The van der Waals surface area contributed by atoms with Gasteiger partial charge in [0.25, 0.3) is 0 Å². The van der Waals surface area contributed by atoms with Crippen molar-refractivity contribution in [1.82, 2.24) is 10.4 Å². The SMILES string of the molecule is CCCC(c1ccc2c(c1)CCC(=O)N2)C1CNCCN1O. The first-order valence-electron chi connectivity index (χ1n) is 8.28. The lowest BCUT2D eigenvalue weighted by atomic mass is 9.84. The Morgan fingerprint density at radius 3 is 3.05 bits per heavy atom. The van der Waals surface area contributed by atoms with Crippen LogP contribution in [0, 0.1) is 0 Å². The number of amides is 1. The van der Waals surface area contributed by atoms with Gasteiger partial charge in [-0.1, -0.05) is 25.5 Å². The van der Waals surface area contributed by atoms with Crippen LogP contribution in [-0.4, -0.2) is 41.9 Å². The van der Waals surface area contributed by atoms with E-state index < -0.39 is 0 Å². The normalized spacial score (nSPS) is 23.7. The maximum atomic E-state index is 11.5. The van der Waals surface area contributed by atoms with Crippen LogP contribution in [0.25, 0.3) is 0 Å². The lowest BCUT2D eigenvalue weighted by Crippen LogP contribution is -2.52. The number of piperazine rings is 1. The van der Waals surface area contributed by atoms with Crippen LogP contribution in [0.15, 0.2) is 18.2 Å². The minimum Gasteiger partial charge on any atom is -0.326 e. The lowest BCUT2D eigenvalue weighted by molar-refractivity contribution is -0.143. The van der Waals surface area contributed by atoms with Gasteiger partial charge in [0.2, 0.25) is 5.91 Å². The van der Waals surface area contributed by atoms with E-state index in [0.717, 1.165) is 38.0 Å². The van der Waals surface area contributed by atoms with Crippen LogP contribution < -0.4 is 10.6 Å². The van der Waals surface area contributed by atoms with E-state index in [-0.39, 0.29) is 11.9 Å². The Hall–Kier alpha value is -1.43. The zero-order valence-electron chi connectivity index (χ0n) is 13.1. The van der Waals surface area contributed by atoms with Crippen LogP contribution >= 0.6 is 0 Å². The number of nitrogens with one attached hydrogen (secondary N) is 2. The lowest BCUT2D eigenvalue weighted by Gasteiger charge is -2.37. The third kappa shape index (κ3) is 3.16. The van der Waals surface area contributed by atoms with Gasteiger partial charge in [-0.2, -0.15) is 5.06 Å². The summed E-state index contributed by atoms with van der Waals surface area (Å²) >= 11 is 0. The van der Waals surface area contributed by atoms with E-state index in [9.17, 15) is 10.0 Å². The molecule has 22 heavy (non-hydrogen) atoms. The second-order valence-corrected chi connectivity index (χ2v) is 6.29. The standard InChI is InChI=1S/C17H25N3O2/c1-2-3-14(16-11-18-8-9-20(16)22)12-4-6-15-13(10-12)5-7-17(21)19-15/h4,6,10,14,16,18,22H,2-3,5,7-9,11H2,1H3,(H,19,21). The summed E-state index contributed by atoms with van der Waals surface area (Å²) < 4.78 is 0. The molecular formula is C17H25N3O2. The number of anilines is 1. The molecule has 5 heteroatoms. The molecule has 1 fully saturated rings. The number of hydrogen-bond acceptors (Lipinski definition) is 4. The molecule has 0 saturated carbocycles. The molecule has 2 unspecified atom stereocenters.